The lowest BCUT2D eigenvalue weighted by atomic mass is 9.89. The summed E-state index contributed by atoms with van der Waals surface area (Å²) in [6, 6.07) is 7.42. The number of ketones is 1. The molecule has 27 heavy (non-hydrogen) atoms. The van der Waals surface area contributed by atoms with Crippen LogP contribution in [0.1, 0.15) is 16.8 Å². The van der Waals surface area contributed by atoms with Crippen LogP contribution in [-0.4, -0.2) is 80.1 Å². The minimum atomic E-state index is -2.79. The van der Waals surface area contributed by atoms with E-state index in [4.69, 9.17) is 9.84 Å². The topological polar surface area (TPSA) is 180 Å². The van der Waals surface area contributed by atoms with E-state index in [2.05, 4.69) is 9.78 Å². The monoisotopic (exact) mass is 386 g/mol. The summed E-state index contributed by atoms with van der Waals surface area (Å²) in [4.78, 5) is 43.4. The fraction of sp³-hybridized carbons (Fsp3) is 0.438. The fourth-order valence-corrected chi connectivity index (χ4v) is 2.41. The quantitative estimate of drug-likeness (QED) is 0.204. The molecular weight excluding hydrogens is 368 g/mol. The highest BCUT2D eigenvalue weighted by Gasteiger charge is 2.54. The summed E-state index contributed by atoms with van der Waals surface area (Å²) < 4.78 is 4.84. The minimum absolute atomic E-state index is 0.0466. The Labute approximate surface area is 152 Å². The SMILES string of the molecule is O=C(CC1(O)O[C@H](CO)[C@@H](O)[C@H](O)[C@H]1O)C(=O)OOC(=O)c1ccccc1. The van der Waals surface area contributed by atoms with Crippen molar-refractivity contribution in [2.24, 2.45) is 0 Å². The Morgan fingerprint density at radius 1 is 1.04 bits per heavy atom. The van der Waals surface area contributed by atoms with Gasteiger partial charge in [-0.25, -0.2) is 19.4 Å². The lowest BCUT2D eigenvalue weighted by Gasteiger charge is -2.44. The Hall–Kier alpha value is -2.41. The zero-order chi connectivity index (χ0) is 20.2. The molecule has 0 radical (unpaired) electrons. The molecule has 0 aromatic heterocycles. The van der Waals surface area contributed by atoms with Crippen LogP contribution in [0.25, 0.3) is 0 Å². The molecule has 1 aliphatic rings. The highest BCUT2D eigenvalue weighted by Crippen LogP contribution is 2.31. The van der Waals surface area contributed by atoms with Gasteiger partial charge in [-0.1, -0.05) is 18.2 Å². The third-order valence-corrected chi connectivity index (χ3v) is 3.90. The molecule has 0 aliphatic carbocycles. The average Bonchev–Trinajstić information content (AvgIpc) is 2.67. The van der Waals surface area contributed by atoms with Crippen molar-refractivity contribution in [3.63, 3.8) is 0 Å². The van der Waals surface area contributed by atoms with Gasteiger partial charge in [-0.05, 0) is 12.1 Å². The van der Waals surface area contributed by atoms with Crippen molar-refractivity contribution >= 4 is 17.7 Å². The molecule has 5 atom stereocenters. The summed E-state index contributed by atoms with van der Waals surface area (Å²) in [6.07, 6.45) is -8.58. The first-order chi connectivity index (χ1) is 12.7. The van der Waals surface area contributed by atoms with Gasteiger partial charge in [-0.15, -0.1) is 0 Å². The fourth-order valence-electron chi connectivity index (χ4n) is 2.41. The number of rotatable bonds is 5. The first kappa shape index (κ1) is 20.9. The molecule has 1 heterocycles. The van der Waals surface area contributed by atoms with Gasteiger partial charge in [0.15, 0.2) is 0 Å². The van der Waals surface area contributed by atoms with Gasteiger partial charge in [0.1, 0.15) is 24.4 Å². The number of hydrogen-bond acceptors (Lipinski definition) is 11. The van der Waals surface area contributed by atoms with Crippen molar-refractivity contribution < 1.29 is 54.4 Å². The Morgan fingerprint density at radius 2 is 1.67 bits per heavy atom. The molecule has 1 aliphatic heterocycles. The van der Waals surface area contributed by atoms with E-state index in [-0.39, 0.29) is 5.56 Å². The van der Waals surface area contributed by atoms with Crippen molar-refractivity contribution in [3.8, 4) is 0 Å². The lowest BCUT2D eigenvalue weighted by molar-refractivity contribution is -0.348. The van der Waals surface area contributed by atoms with Crippen LogP contribution in [0.5, 0.6) is 0 Å². The van der Waals surface area contributed by atoms with Crippen molar-refractivity contribution in [1.29, 1.82) is 0 Å². The molecule has 1 fully saturated rings. The molecule has 0 spiro atoms. The maximum atomic E-state index is 11.9. The third kappa shape index (κ3) is 4.66. The van der Waals surface area contributed by atoms with Crippen molar-refractivity contribution in [2.75, 3.05) is 6.61 Å². The van der Waals surface area contributed by atoms with E-state index in [1.807, 2.05) is 0 Å². The number of aliphatic hydroxyl groups excluding tert-OH is 4. The zero-order valence-corrected chi connectivity index (χ0v) is 13.8. The van der Waals surface area contributed by atoms with Crippen LogP contribution in [-0.2, 0) is 24.1 Å². The molecule has 1 unspecified atom stereocenters. The van der Waals surface area contributed by atoms with Crippen LogP contribution in [0.4, 0.5) is 0 Å². The highest BCUT2D eigenvalue weighted by atomic mass is 17.2. The third-order valence-electron chi connectivity index (χ3n) is 3.90. The van der Waals surface area contributed by atoms with Crippen molar-refractivity contribution in [1.82, 2.24) is 0 Å². The standard InChI is InChI=1S/C16H18O11/c17-7-10-11(19)12(20)13(21)16(24,25-10)6-9(18)15(23)27-26-14(22)8-4-2-1-3-5-8/h1-5,10-13,17,19-21,24H,6-7H2/t10-,11-,12+,13-,16?/m1/s1. The molecule has 0 amide bonds. The number of carbonyl (C=O) groups excluding carboxylic acids is 3. The molecule has 0 bridgehead atoms. The Bertz CT molecular complexity index is 689. The van der Waals surface area contributed by atoms with Gasteiger partial charge in [0.2, 0.25) is 11.6 Å². The summed E-state index contributed by atoms with van der Waals surface area (Å²) in [6.45, 7) is -0.847. The molecule has 1 aromatic carbocycles. The molecule has 1 aromatic rings. The maximum Gasteiger partial charge on any atom is 0.421 e. The molecule has 5 N–H and O–H groups in total. The van der Waals surface area contributed by atoms with Gasteiger partial charge in [0, 0.05) is 0 Å². The smallest absolute Gasteiger partial charge is 0.394 e. The predicted octanol–water partition coefficient (Wildman–Crippen LogP) is -2.58. The Balaban J connectivity index is 1.96. The van der Waals surface area contributed by atoms with E-state index in [1.54, 1.807) is 6.07 Å². The largest absolute Gasteiger partial charge is 0.421 e. The van der Waals surface area contributed by atoms with Gasteiger partial charge in [-0.3, -0.25) is 4.79 Å². The van der Waals surface area contributed by atoms with Crippen LogP contribution in [0, 0.1) is 0 Å². The normalized spacial score (nSPS) is 30.4. The number of carbonyl (C=O) groups is 3. The van der Waals surface area contributed by atoms with Crippen molar-refractivity contribution in [3.05, 3.63) is 35.9 Å². The molecule has 1 saturated heterocycles. The lowest BCUT2D eigenvalue weighted by Crippen LogP contribution is -2.65. The van der Waals surface area contributed by atoms with Gasteiger partial charge in [0.05, 0.1) is 18.6 Å². The predicted molar refractivity (Wildman–Crippen MR) is 82.5 cm³/mol. The zero-order valence-electron chi connectivity index (χ0n) is 13.8. The number of hydrogen-bond donors (Lipinski definition) is 5. The summed E-state index contributed by atoms with van der Waals surface area (Å²) >= 11 is 0. The average molecular weight is 386 g/mol. The molecule has 148 valence electrons. The number of aliphatic hydroxyl groups is 5. The van der Waals surface area contributed by atoms with Crippen LogP contribution in [0.2, 0.25) is 0 Å². The second-order valence-electron chi connectivity index (χ2n) is 5.82. The van der Waals surface area contributed by atoms with Gasteiger partial charge in [0.25, 0.3) is 0 Å². The summed E-state index contributed by atoms with van der Waals surface area (Å²) in [7, 11) is 0. The van der Waals surface area contributed by atoms with Crippen LogP contribution in [0.3, 0.4) is 0 Å². The van der Waals surface area contributed by atoms with Gasteiger partial charge in [-0.2, -0.15) is 0 Å². The second-order valence-corrected chi connectivity index (χ2v) is 5.82. The van der Waals surface area contributed by atoms with E-state index in [0.717, 1.165) is 0 Å². The molecule has 2 rings (SSSR count). The van der Waals surface area contributed by atoms with Gasteiger partial charge < -0.3 is 30.3 Å². The summed E-state index contributed by atoms with van der Waals surface area (Å²) in [5.41, 5.74) is 0.0466. The summed E-state index contributed by atoms with van der Waals surface area (Å²) in [5.74, 6) is -6.98. The maximum absolute atomic E-state index is 11.9. The Morgan fingerprint density at radius 3 is 2.26 bits per heavy atom. The molecule has 0 saturated carbocycles. The first-order valence-corrected chi connectivity index (χ1v) is 7.76. The van der Waals surface area contributed by atoms with E-state index >= 15 is 0 Å². The van der Waals surface area contributed by atoms with E-state index < -0.39 is 61.0 Å². The number of ether oxygens (including phenoxy) is 1. The van der Waals surface area contributed by atoms with Gasteiger partial charge >= 0.3 is 11.9 Å². The Kier molecular flexibility index (Phi) is 6.59. The first-order valence-electron chi connectivity index (χ1n) is 7.76. The number of benzene rings is 1. The van der Waals surface area contributed by atoms with E-state index in [1.165, 1.54) is 24.3 Å². The molecule has 11 nitrogen and oxygen atoms in total. The van der Waals surface area contributed by atoms with E-state index in [9.17, 15) is 34.8 Å². The van der Waals surface area contributed by atoms with Crippen molar-refractivity contribution in [2.45, 2.75) is 36.6 Å². The van der Waals surface area contributed by atoms with Crippen LogP contribution >= 0.6 is 0 Å². The van der Waals surface area contributed by atoms with Crippen LogP contribution < -0.4 is 0 Å². The highest BCUT2D eigenvalue weighted by molar-refractivity contribution is 6.33. The number of Topliss-reactive ketones (excluding diaryl/α,β-unsaturated/α-hetero) is 1. The van der Waals surface area contributed by atoms with E-state index in [0.29, 0.717) is 0 Å². The second kappa shape index (κ2) is 8.52. The minimum Gasteiger partial charge on any atom is -0.394 e. The molecule has 11 heteroatoms. The van der Waals surface area contributed by atoms with Crippen LogP contribution in [0.15, 0.2) is 30.3 Å². The molecular formula is C16H18O11. The summed E-state index contributed by atoms with van der Waals surface area (Å²) in [5, 5.41) is 48.4.